The van der Waals surface area contributed by atoms with Gasteiger partial charge in [-0.2, -0.15) is 0 Å². The molecule has 1 aliphatic rings. The zero-order chi connectivity index (χ0) is 23.7. The number of aliphatic hydroxyl groups excluding tert-OH is 1. The molecule has 1 amide bonds. The lowest BCUT2D eigenvalue weighted by Crippen LogP contribution is -2.29. The van der Waals surface area contributed by atoms with Crippen LogP contribution < -0.4 is 4.90 Å². The Morgan fingerprint density at radius 2 is 1.79 bits per heavy atom. The first-order valence-corrected chi connectivity index (χ1v) is 13.1. The smallest absolute Gasteiger partial charge is 0.301 e. The van der Waals surface area contributed by atoms with E-state index in [4.69, 9.17) is 0 Å². The molecule has 0 spiro atoms. The van der Waals surface area contributed by atoms with Crippen molar-refractivity contribution in [1.82, 2.24) is 10.2 Å². The molecule has 0 aliphatic carbocycles. The Morgan fingerprint density at radius 3 is 2.50 bits per heavy atom. The number of carbonyl (C=O) groups excluding carboxylic acids is 2. The minimum atomic E-state index is -0.763. The first kappa shape index (κ1) is 22.5. The molecule has 1 aliphatic heterocycles. The van der Waals surface area contributed by atoms with Gasteiger partial charge in [-0.3, -0.25) is 14.5 Å². The van der Waals surface area contributed by atoms with Gasteiger partial charge in [-0.15, -0.1) is 21.5 Å². The van der Waals surface area contributed by atoms with E-state index in [2.05, 4.69) is 10.2 Å². The highest BCUT2D eigenvalue weighted by Crippen LogP contribution is 2.45. The molecule has 1 fully saturated rings. The van der Waals surface area contributed by atoms with E-state index in [-0.39, 0.29) is 11.3 Å². The molecule has 170 valence electrons. The van der Waals surface area contributed by atoms with Crippen molar-refractivity contribution in [2.45, 2.75) is 23.1 Å². The van der Waals surface area contributed by atoms with Crippen LogP contribution in [0.3, 0.4) is 0 Å². The van der Waals surface area contributed by atoms with Crippen LogP contribution in [0.25, 0.3) is 5.76 Å². The van der Waals surface area contributed by atoms with Gasteiger partial charge in [0.05, 0.1) is 5.57 Å². The minimum Gasteiger partial charge on any atom is -0.507 e. The third kappa shape index (κ3) is 4.29. The normalized spacial score (nSPS) is 17.4. The zero-order valence-corrected chi connectivity index (χ0v) is 20.5. The summed E-state index contributed by atoms with van der Waals surface area (Å²) in [7, 11) is 0. The number of aryl methyl sites for hydroxylation is 1. The molecule has 0 bridgehead atoms. The number of benzene rings is 2. The molecule has 6 nitrogen and oxygen atoms in total. The molecular weight excluding hydrogens is 486 g/mol. The Kier molecular flexibility index (Phi) is 6.32. The zero-order valence-electron chi connectivity index (χ0n) is 18.0. The summed E-state index contributed by atoms with van der Waals surface area (Å²) in [5, 5.41) is 21.8. The van der Waals surface area contributed by atoms with Gasteiger partial charge >= 0.3 is 5.91 Å². The van der Waals surface area contributed by atoms with Crippen LogP contribution in [-0.4, -0.2) is 27.0 Å². The van der Waals surface area contributed by atoms with E-state index in [0.717, 1.165) is 21.8 Å². The summed E-state index contributed by atoms with van der Waals surface area (Å²) in [6.07, 6.45) is 0. The fourth-order valence-electron chi connectivity index (χ4n) is 3.69. The van der Waals surface area contributed by atoms with Crippen LogP contribution in [0.1, 0.15) is 27.6 Å². The first-order valence-electron chi connectivity index (χ1n) is 10.4. The van der Waals surface area contributed by atoms with Crippen LogP contribution in [0.2, 0.25) is 0 Å². The predicted octanol–water partition coefficient (Wildman–Crippen LogP) is 5.83. The Hall–Kier alpha value is -3.27. The van der Waals surface area contributed by atoms with Crippen LogP contribution in [0.4, 0.5) is 5.13 Å². The Morgan fingerprint density at radius 1 is 1.03 bits per heavy atom. The standard InChI is InChI=1S/C25H19N3O3S3/c1-15-9-11-17(12-10-15)21(29)19-20(18-8-5-13-32-18)28(23(31)22(19)30)24-26-27-25(34-24)33-14-16-6-3-2-4-7-16/h2-13,20,29H,14H2,1H3/b21-19-. The van der Waals surface area contributed by atoms with Crippen molar-refractivity contribution in [2.24, 2.45) is 0 Å². The van der Waals surface area contributed by atoms with Crippen molar-refractivity contribution in [3.8, 4) is 0 Å². The summed E-state index contributed by atoms with van der Waals surface area (Å²) in [6.45, 7) is 1.94. The van der Waals surface area contributed by atoms with Gasteiger partial charge in [-0.1, -0.05) is 89.3 Å². The highest BCUT2D eigenvalue weighted by atomic mass is 32.2. The molecule has 9 heteroatoms. The summed E-state index contributed by atoms with van der Waals surface area (Å²) < 4.78 is 0.698. The van der Waals surface area contributed by atoms with Crippen molar-refractivity contribution in [2.75, 3.05) is 4.90 Å². The average molecular weight is 506 g/mol. The molecular formula is C25H19N3O3S3. The second-order valence-corrected chi connectivity index (χ2v) is 10.8. The molecule has 1 N–H and O–H groups in total. The Bertz CT molecular complexity index is 1360. The maximum Gasteiger partial charge on any atom is 0.301 e. The number of hydrogen-bond acceptors (Lipinski definition) is 8. The Balaban J connectivity index is 1.51. The van der Waals surface area contributed by atoms with Crippen molar-refractivity contribution >= 4 is 57.0 Å². The van der Waals surface area contributed by atoms with Crippen LogP contribution >= 0.6 is 34.4 Å². The van der Waals surface area contributed by atoms with Crippen LogP contribution in [0, 0.1) is 6.92 Å². The van der Waals surface area contributed by atoms with Crippen LogP contribution in [0.5, 0.6) is 0 Å². The highest BCUT2D eigenvalue weighted by molar-refractivity contribution is 8.00. The topological polar surface area (TPSA) is 83.4 Å². The maximum atomic E-state index is 13.2. The van der Waals surface area contributed by atoms with Crippen LogP contribution in [0.15, 0.2) is 82.0 Å². The third-order valence-electron chi connectivity index (χ3n) is 5.39. The number of rotatable bonds is 6. The second kappa shape index (κ2) is 9.54. The van der Waals surface area contributed by atoms with Gasteiger partial charge in [-0.25, -0.2) is 0 Å². The summed E-state index contributed by atoms with van der Waals surface area (Å²) in [6, 6.07) is 20.1. The van der Waals surface area contributed by atoms with E-state index < -0.39 is 17.7 Å². The number of aliphatic hydroxyl groups is 1. The number of carbonyl (C=O) groups is 2. The van der Waals surface area contributed by atoms with Crippen LogP contribution in [-0.2, 0) is 15.3 Å². The molecule has 4 aromatic rings. The van der Waals surface area contributed by atoms with Crippen molar-refractivity contribution in [3.05, 3.63) is 99.3 Å². The van der Waals surface area contributed by atoms with Gasteiger partial charge < -0.3 is 5.11 Å². The molecule has 34 heavy (non-hydrogen) atoms. The Labute approximate surface area is 208 Å². The summed E-state index contributed by atoms with van der Waals surface area (Å²) in [5.74, 6) is -0.925. The number of hydrogen-bond donors (Lipinski definition) is 1. The number of thiophene rings is 1. The van der Waals surface area contributed by atoms with Crippen molar-refractivity contribution in [3.63, 3.8) is 0 Å². The molecule has 3 heterocycles. The fraction of sp³-hybridized carbons (Fsp3) is 0.120. The molecule has 5 rings (SSSR count). The lowest BCUT2D eigenvalue weighted by atomic mass is 9.99. The third-order valence-corrected chi connectivity index (χ3v) is 8.44. The molecule has 1 atom stereocenters. The molecule has 0 saturated carbocycles. The van der Waals surface area contributed by atoms with E-state index in [1.165, 1.54) is 39.3 Å². The van der Waals surface area contributed by atoms with Gasteiger partial charge in [0.25, 0.3) is 5.78 Å². The van der Waals surface area contributed by atoms with Gasteiger partial charge in [0.2, 0.25) is 5.13 Å². The average Bonchev–Trinajstić information content (AvgIpc) is 3.59. The largest absolute Gasteiger partial charge is 0.507 e. The number of nitrogens with zero attached hydrogens (tertiary/aromatic N) is 3. The van der Waals surface area contributed by atoms with Crippen molar-refractivity contribution < 1.29 is 14.7 Å². The number of anilines is 1. The first-order chi connectivity index (χ1) is 16.5. The predicted molar refractivity (Wildman–Crippen MR) is 136 cm³/mol. The summed E-state index contributed by atoms with van der Waals surface area (Å²) in [5.41, 5.74) is 2.73. The number of amides is 1. The summed E-state index contributed by atoms with van der Waals surface area (Å²) >= 11 is 4.20. The molecule has 2 aromatic heterocycles. The lowest BCUT2D eigenvalue weighted by molar-refractivity contribution is -0.132. The van der Waals surface area contributed by atoms with E-state index in [1.54, 1.807) is 12.1 Å². The summed E-state index contributed by atoms with van der Waals surface area (Å²) in [4.78, 5) is 28.4. The number of Topliss-reactive ketones (excluding diaryl/α,β-unsaturated/α-hetero) is 1. The highest BCUT2D eigenvalue weighted by Gasteiger charge is 2.48. The van der Waals surface area contributed by atoms with E-state index in [9.17, 15) is 14.7 Å². The van der Waals surface area contributed by atoms with E-state index >= 15 is 0 Å². The minimum absolute atomic E-state index is 0.0602. The number of ketones is 1. The fourth-order valence-corrected chi connectivity index (χ4v) is 6.34. The molecule has 0 radical (unpaired) electrons. The van der Waals surface area contributed by atoms with Gasteiger partial charge in [0.15, 0.2) is 4.34 Å². The van der Waals surface area contributed by atoms with Gasteiger partial charge in [0.1, 0.15) is 11.8 Å². The van der Waals surface area contributed by atoms with Gasteiger partial charge in [0, 0.05) is 16.2 Å². The monoisotopic (exact) mass is 505 g/mol. The molecule has 1 saturated heterocycles. The number of thioether (sulfide) groups is 1. The van der Waals surface area contributed by atoms with Crippen molar-refractivity contribution in [1.29, 1.82) is 0 Å². The quantitative estimate of drug-likeness (QED) is 0.117. The van der Waals surface area contributed by atoms with E-state index in [1.807, 2.05) is 66.9 Å². The second-order valence-electron chi connectivity index (χ2n) is 7.68. The maximum absolute atomic E-state index is 13.2. The lowest BCUT2D eigenvalue weighted by Gasteiger charge is -2.20. The number of aromatic nitrogens is 2. The molecule has 1 unspecified atom stereocenters. The SMILES string of the molecule is Cc1ccc(/C(O)=C2/C(=O)C(=O)N(c3nnc(SCc4ccccc4)s3)C2c2cccs2)cc1. The van der Waals surface area contributed by atoms with E-state index in [0.29, 0.717) is 15.0 Å². The van der Waals surface area contributed by atoms with Gasteiger partial charge in [-0.05, 0) is 23.9 Å². The molecule has 2 aromatic carbocycles.